The topological polar surface area (TPSA) is 37.3 Å². The first-order valence-electron chi connectivity index (χ1n) is 9.24. The molecular weight excluding hydrogens is 340 g/mol. The maximum Gasteiger partial charge on any atom is 0.150 e. The van der Waals surface area contributed by atoms with Crippen LogP contribution >= 0.6 is 15.9 Å². The zero-order valence-corrected chi connectivity index (χ0v) is 15.4. The summed E-state index contributed by atoms with van der Waals surface area (Å²) < 4.78 is 0. The molecular formula is C19H29BrO2. The summed E-state index contributed by atoms with van der Waals surface area (Å²) in [4.78, 5) is 13.4. The number of aliphatic hydroxyl groups is 1. The molecule has 0 aromatic heterocycles. The number of Topliss-reactive ketones (excluding diaryl/α,β-unsaturated/α-hetero) is 1. The molecule has 124 valence electrons. The third-order valence-electron chi connectivity index (χ3n) is 8.22. The Kier molecular flexibility index (Phi) is 3.59. The van der Waals surface area contributed by atoms with Gasteiger partial charge >= 0.3 is 0 Å². The second kappa shape index (κ2) is 5.05. The fourth-order valence-electron chi connectivity index (χ4n) is 6.99. The van der Waals surface area contributed by atoms with Crippen molar-refractivity contribution in [2.24, 2.45) is 34.5 Å². The van der Waals surface area contributed by atoms with E-state index in [-0.39, 0.29) is 27.7 Å². The van der Waals surface area contributed by atoms with Gasteiger partial charge in [-0.25, -0.2) is 0 Å². The molecule has 0 radical (unpaired) electrons. The monoisotopic (exact) mass is 368 g/mol. The van der Waals surface area contributed by atoms with Crippen molar-refractivity contribution in [1.82, 2.24) is 0 Å². The quantitative estimate of drug-likeness (QED) is 0.646. The van der Waals surface area contributed by atoms with Gasteiger partial charge in [-0.3, -0.25) is 4.79 Å². The molecule has 2 nitrogen and oxygen atoms in total. The lowest BCUT2D eigenvalue weighted by molar-refractivity contribution is -0.157. The molecule has 0 spiro atoms. The largest absolute Gasteiger partial charge is 0.393 e. The molecule has 6 unspecified atom stereocenters. The third-order valence-corrected chi connectivity index (χ3v) is 9.72. The van der Waals surface area contributed by atoms with Crippen molar-refractivity contribution in [3.63, 3.8) is 0 Å². The Labute approximate surface area is 142 Å². The fraction of sp³-hybridized carbons (Fsp3) is 0.947. The predicted octanol–water partition coefficient (Wildman–Crippen LogP) is 4.33. The van der Waals surface area contributed by atoms with Crippen LogP contribution in [0.4, 0.5) is 0 Å². The lowest BCUT2D eigenvalue weighted by atomic mass is 9.45. The maximum atomic E-state index is 13.3. The number of rotatable bonds is 0. The highest BCUT2D eigenvalue weighted by Crippen LogP contribution is 2.66. The maximum absolute atomic E-state index is 13.3. The van der Waals surface area contributed by atoms with Crippen LogP contribution in [0.1, 0.15) is 65.2 Å². The molecule has 0 aromatic rings. The molecule has 4 rings (SSSR count). The van der Waals surface area contributed by atoms with Crippen molar-refractivity contribution >= 4 is 21.7 Å². The molecule has 4 saturated carbocycles. The minimum absolute atomic E-state index is 0.0520. The van der Waals surface area contributed by atoms with E-state index in [0.717, 1.165) is 25.2 Å². The van der Waals surface area contributed by atoms with E-state index in [2.05, 4.69) is 29.8 Å². The zero-order chi connectivity index (χ0) is 15.7. The number of hydrogen-bond acceptors (Lipinski definition) is 2. The van der Waals surface area contributed by atoms with Gasteiger partial charge in [-0.2, -0.15) is 0 Å². The normalized spacial score (nSPS) is 57.9. The molecule has 0 aromatic carbocycles. The van der Waals surface area contributed by atoms with Crippen molar-refractivity contribution in [2.75, 3.05) is 0 Å². The summed E-state index contributed by atoms with van der Waals surface area (Å²) in [7, 11) is 0. The van der Waals surface area contributed by atoms with Gasteiger partial charge < -0.3 is 5.11 Å². The lowest BCUT2D eigenvalue weighted by Crippen LogP contribution is -2.60. The average Bonchev–Trinajstić information content (AvgIpc) is 2.88. The fourth-order valence-corrected chi connectivity index (χ4v) is 7.84. The van der Waals surface area contributed by atoms with Crippen molar-refractivity contribution in [3.8, 4) is 0 Å². The Balaban J connectivity index is 1.73. The molecule has 0 heterocycles. The van der Waals surface area contributed by atoms with E-state index < -0.39 is 0 Å². The van der Waals surface area contributed by atoms with Crippen molar-refractivity contribution < 1.29 is 9.90 Å². The number of hydrogen-bond donors (Lipinski definition) is 1. The summed E-state index contributed by atoms with van der Waals surface area (Å²) >= 11 is 3.83. The summed E-state index contributed by atoms with van der Waals surface area (Å²) in [5, 5.41) is 10.1. The molecule has 4 aliphatic rings. The van der Waals surface area contributed by atoms with Crippen LogP contribution in [0.25, 0.3) is 0 Å². The van der Waals surface area contributed by atoms with Crippen LogP contribution in [-0.4, -0.2) is 21.8 Å². The van der Waals surface area contributed by atoms with Crippen LogP contribution in [0.3, 0.4) is 0 Å². The minimum atomic E-state index is -0.134. The summed E-state index contributed by atoms with van der Waals surface area (Å²) in [6.45, 7) is 4.73. The Morgan fingerprint density at radius 3 is 2.64 bits per heavy atom. The first-order valence-corrected chi connectivity index (χ1v) is 10.2. The number of halogens is 1. The van der Waals surface area contributed by atoms with Crippen LogP contribution in [0.15, 0.2) is 0 Å². The van der Waals surface area contributed by atoms with E-state index >= 15 is 0 Å². The smallest absolute Gasteiger partial charge is 0.150 e. The molecule has 8 atom stereocenters. The highest BCUT2D eigenvalue weighted by Gasteiger charge is 2.64. The molecule has 0 amide bonds. The Morgan fingerprint density at radius 1 is 1.09 bits per heavy atom. The van der Waals surface area contributed by atoms with E-state index in [1.54, 1.807) is 0 Å². The van der Waals surface area contributed by atoms with Crippen LogP contribution in [-0.2, 0) is 4.79 Å². The van der Waals surface area contributed by atoms with Gasteiger partial charge in [-0.05, 0) is 73.5 Å². The van der Waals surface area contributed by atoms with Gasteiger partial charge in [0.25, 0.3) is 0 Å². The van der Waals surface area contributed by atoms with E-state index in [4.69, 9.17) is 0 Å². The Bertz CT molecular complexity index is 492. The van der Waals surface area contributed by atoms with Crippen molar-refractivity contribution in [3.05, 3.63) is 0 Å². The van der Waals surface area contributed by atoms with Gasteiger partial charge in [0.05, 0.1) is 10.9 Å². The first-order chi connectivity index (χ1) is 10.4. The number of fused-ring (bicyclic) bond motifs is 5. The summed E-state index contributed by atoms with van der Waals surface area (Å²) in [6, 6.07) is 0. The molecule has 4 fully saturated rings. The number of carbonyl (C=O) groups excluding carboxylic acids is 1. The number of alkyl halides is 1. The number of carbonyl (C=O) groups is 1. The minimum Gasteiger partial charge on any atom is -0.393 e. The van der Waals surface area contributed by atoms with E-state index in [9.17, 15) is 9.90 Å². The van der Waals surface area contributed by atoms with Gasteiger partial charge in [0.2, 0.25) is 0 Å². The number of ketones is 1. The van der Waals surface area contributed by atoms with Gasteiger partial charge in [0.15, 0.2) is 5.78 Å². The average molecular weight is 369 g/mol. The van der Waals surface area contributed by atoms with E-state index in [1.165, 1.54) is 32.1 Å². The molecule has 0 saturated heterocycles. The standard InChI is InChI=1S/C19H29BrO2/c1-18-9-7-12(21)10-11(18)5-6-13-14-4-3-8-19(14,2)17(20)16(22)15(13)18/h11-15,17,21H,3-10H2,1-2H3/t11?,12-,13?,14?,15?,17+,18?,19?/m1/s1. The molecule has 3 heteroatoms. The van der Waals surface area contributed by atoms with Crippen LogP contribution < -0.4 is 0 Å². The van der Waals surface area contributed by atoms with Crippen LogP contribution in [0, 0.1) is 34.5 Å². The van der Waals surface area contributed by atoms with Gasteiger partial charge in [0.1, 0.15) is 0 Å². The number of aliphatic hydroxyl groups excluding tert-OH is 1. The Hall–Kier alpha value is 0.110. The zero-order valence-electron chi connectivity index (χ0n) is 13.9. The second-order valence-electron chi connectivity index (χ2n) is 9.12. The first kappa shape index (κ1) is 15.6. The van der Waals surface area contributed by atoms with Gasteiger partial charge in [-0.1, -0.05) is 36.2 Å². The third kappa shape index (κ3) is 1.90. The highest BCUT2D eigenvalue weighted by atomic mass is 79.9. The van der Waals surface area contributed by atoms with Gasteiger partial charge in [0, 0.05) is 5.92 Å². The second-order valence-corrected chi connectivity index (χ2v) is 10.0. The van der Waals surface area contributed by atoms with Crippen molar-refractivity contribution in [1.29, 1.82) is 0 Å². The SMILES string of the molecule is CC12CC[C@@H](O)CC1CCC1C2C(=O)[C@H](Br)C2(C)CCCC12. The van der Waals surface area contributed by atoms with Crippen LogP contribution in [0.5, 0.6) is 0 Å². The highest BCUT2D eigenvalue weighted by molar-refractivity contribution is 9.10. The summed E-state index contributed by atoms with van der Waals surface area (Å²) in [6.07, 6.45) is 8.96. The Morgan fingerprint density at radius 2 is 1.86 bits per heavy atom. The van der Waals surface area contributed by atoms with Crippen LogP contribution in [0.2, 0.25) is 0 Å². The van der Waals surface area contributed by atoms with Crippen molar-refractivity contribution in [2.45, 2.75) is 76.1 Å². The van der Waals surface area contributed by atoms with Gasteiger partial charge in [-0.15, -0.1) is 0 Å². The molecule has 0 bridgehead atoms. The van der Waals surface area contributed by atoms with E-state index in [1.807, 2.05) is 0 Å². The van der Waals surface area contributed by atoms with E-state index in [0.29, 0.717) is 17.6 Å². The lowest BCUT2D eigenvalue weighted by Gasteiger charge is -2.60. The summed E-state index contributed by atoms with van der Waals surface area (Å²) in [5.41, 5.74) is 0.324. The molecule has 0 aliphatic heterocycles. The molecule has 22 heavy (non-hydrogen) atoms. The molecule has 1 N–H and O–H groups in total. The predicted molar refractivity (Wildman–Crippen MR) is 90.8 cm³/mol. The summed E-state index contributed by atoms with van der Waals surface area (Å²) in [5.74, 6) is 2.61. The molecule has 4 aliphatic carbocycles.